The average Bonchev–Trinajstić information content (AvgIpc) is 3.35. The number of benzene rings is 7. The molecular weight excluding hydrogens is 448 g/mol. The Morgan fingerprint density at radius 2 is 0.892 bits per heavy atom. The first-order chi connectivity index (χ1) is 18.3. The van der Waals surface area contributed by atoms with Crippen molar-refractivity contribution in [3.05, 3.63) is 133 Å². The molecule has 1 aromatic heterocycles. The molecule has 0 radical (unpaired) electrons. The van der Waals surface area contributed by atoms with Crippen molar-refractivity contribution in [1.29, 1.82) is 0 Å². The summed E-state index contributed by atoms with van der Waals surface area (Å²) in [6.07, 6.45) is 0. The Morgan fingerprint density at radius 1 is 0.324 bits per heavy atom. The smallest absolute Gasteiger partial charge is 0.135 e. The monoisotopic (exact) mass is 470 g/mol. The molecule has 1 heteroatoms. The number of hydrogen-bond acceptors (Lipinski definition) is 1. The normalized spacial score (nSPS) is 11.8. The maximum Gasteiger partial charge on any atom is 0.135 e. The highest BCUT2D eigenvalue weighted by Gasteiger charge is 2.16. The minimum Gasteiger partial charge on any atom is -0.456 e. The van der Waals surface area contributed by atoms with Gasteiger partial charge in [0.2, 0.25) is 0 Å². The zero-order valence-electron chi connectivity index (χ0n) is 20.1. The first-order valence-corrected chi connectivity index (χ1v) is 12.7. The molecule has 0 bridgehead atoms. The lowest BCUT2D eigenvalue weighted by Crippen LogP contribution is -1.89. The van der Waals surface area contributed by atoms with Crippen molar-refractivity contribution in [1.82, 2.24) is 0 Å². The highest BCUT2D eigenvalue weighted by molar-refractivity contribution is 6.29. The third-order valence-corrected chi connectivity index (χ3v) is 7.64. The van der Waals surface area contributed by atoms with Crippen LogP contribution in [0.1, 0.15) is 0 Å². The molecule has 1 nitrogen and oxygen atoms in total. The molecular formula is C36H22O. The van der Waals surface area contributed by atoms with E-state index in [1.165, 1.54) is 54.6 Å². The summed E-state index contributed by atoms with van der Waals surface area (Å²) in [7, 11) is 0. The van der Waals surface area contributed by atoms with Gasteiger partial charge in [-0.05, 0) is 84.9 Å². The van der Waals surface area contributed by atoms with Gasteiger partial charge < -0.3 is 4.42 Å². The Labute approximate surface area is 214 Å². The standard InChI is InChI=1S/C36H22O/c1-2-10-23(11-3-1)31-21-25(24-18-19-35-32(20-24)29-15-8-9-17-34(29)37-35)22-33-28-14-5-4-12-26(28)27-13-6-7-16-30(27)36(31)33/h1-22H. The second-order valence-electron chi connectivity index (χ2n) is 9.71. The summed E-state index contributed by atoms with van der Waals surface area (Å²) >= 11 is 0. The molecule has 0 N–H and O–H groups in total. The Balaban J connectivity index is 1.53. The molecule has 0 saturated heterocycles. The van der Waals surface area contributed by atoms with Crippen LogP contribution >= 0.6 is 0 Å². The van der Waals surface area contributed by atoms with Crippen LogP contribution in [0.5, 0.6) is 0 Å². The van der Waals surface area contributed by atoms with E-state index in [4.69, 9.17) is 4.42 Å². The lowest BCUT2D eigenvalue weighted by molar-refractivity contribution is 0.669. The second kappa shape index (κ2) is 7.81. The summed E-state index contributed by atoms with van der Waals surface area (Å²) in [5, 5.41) is 10.0. The van der Waals surface area contributed by atoms with Crippen LogP contribution in [0.4, 0.5) is 0 Å². The van der Waals surface area contributed by atoms with Crippen LogP contribution in [0, 0.1) is 0 Å². The van der Waals surface area contributed by atoms with Crippen LogP contribution in [-0.4, -0.2) is 0 Å². The third kappa shape index (κ3) is 3.04. The van der Waals surface area contributed by atoms with Crippen molar-refractivity contribution in [2.45, 2.75) is 0 Å². The van der Waals surface area contributed by atoms with E-state index < -0.39 is 0 Å². The second-order valence-corrected chi connectivity index (χ2v) is 9.71. The molecule has 7 aromatic carbocycles. The highest BCUT2D eigenvalue weighted by Crippen LogP contribution is 2.43. The summed E-state index contributed by atoms with van der Waals surface area (Å²) in [5.74, 6) is 0. The van der Waals surface area contributed by atoms with Gasteiger partial charge in [-0.3, -0.25) is 0 Å². The van der Waals surface area contributed by atoms with E-state index in [2.05, 4.69) is 121 Å². The van der Waals surface area contributed by atoms with Crippen molar-refractivity contribution >= 4 is 54.3 Å². The SMILES string of the molecule is c1ccc(-c2cc(-c3ccc4oc5ccccc5c4c3)cc3c4ccccc4c4ccccc4c23)cc1. The minimum atomic E-state index is 0.922. The molecule has 0 amide bonds. The molecule has 0 saturated carbocycles. The first kappa shape index (κ1) is 20.3. The fourth-order valence-electron chi connectivity index (χ4n) is 5.95. The number of para-hydroxylation sites is 1. The Bertz CT molecular complexity index is 2130. The van der Waals surface area contributed by atoms with Gasteiger partial charge in [-0.1, -0.05) is 103 Å². The van der Waals surface area contributed by atoms with Crippen molar-refractivity contribution in [3.63, 3.8) is 0 Å². The molecule has 8 rings (SSSR count). The fraction of sp³-hybridized carbons (Fsp3) is 0. The van der Waals surface area contributed by atoms with Gasteiger partial charge in [0, 0.05) is 10.8 Å². The van der Waals surface area contributed by atoms with E-state index in [1.54, 1.807) is 0 Å². The molecule has 0 aliphatic rings. The largest absolute Gasteiger partial charge is 0.456 e. The topological polar surface area (TPSA) is 13.1 Å². The van der Waals surface area contributed by atoms with Crippen molar-refractivity contribution in [2.24, 2.45) is 0 Å². The predicted octanol–water partition coefficient (Wildman–Crippen LogP) is 10.4. The summed E-state index contributed by atoms with van der Waals surface area (Å²) in [5.41, 5.74) is 6.73. The number of hydrogen-bond donors (Lipinski definition) is 0. The number of furan rings is 1. The van der Waals surface area contributed by atoms with E-state index in [0.29, 0.717) is 0 Å². The molecule has 0 aliphatic heterocycles. The Kier molecular flexibility index (Phi) is 4.29. The summed E-state index contributed by atoms with van der Waals surface area (Å²) in [6, 6.07) is 47.9. The number of rotatable bonds is 2. The van der Waals surface area contributed by atoms with Crippen LogP contribution < -0.4 is 0 Å². The molecule has 0 atom stereocenters. The maximum absolute atomic E-state index is 6.11. The van der Waals surface area contributed by atoms with Crippen LogP contribution in [0.2, 0.25) is 0 Å². The summed E-state index contributed by atoms with van der Waals surface area (Å²) in [6.45, 7) is 0. The molecule has 0 spiro atoms. The summed E-state index contributed by atoms with van der Waals surface area (Å²) < 4.78 is 6.11. The average molecular weight is 471 g/mol. The van der Waals surface area contributed by atoms with Gasteiger partial charge in [-0.2, -0.15) is 0 Å². The van der Waals surface area contributed by atoms with Gasteiger partial charge in [0.15, 0.2) is 0 Å². The predicted molar refractivity (Wildman–Crippen MR) is 157 cm³/mol. The molecule has 172 valence electrons. The summed E-state index contributed by atoms with van der Waals surface area (Å²) in [4.78, 5) is 0. The third-order valence-electron chi connectivity index (χ3n) is 7.64. The Hall–Kier alpha value is -4.88. The molecule has 37 heavy (non-hydrogen) atoms. The van der Waals surface area contributed by atoms with Gasteiger partial charge in [-0.25, -0.2) is 0 Å². The first-order valence-electron chi connectivity index (χ1n) is 12.7. The van der Waals surface area contributed by atoms with Gasteiger partial charge in [0.05, 0.1) is 0 Å². The zero-order valence-corrected chi connectivity index (χ0v) is 20.1. The van der Waals surface area contributed by atoms with E-state index in [1.807, 2.05) is 12.1 Å². The van der Waals surface area contributed by atoms with Crippen molar-refractivity contribution in [2.75, 3.05) is 0 Å². The minimum absolute atomic E-state index is 0.922. The van der Waals surface area contributed by atoms with Crippen LogP contribution in [0.25, 0.3) is 76.5 Å². The number of fused-ring (bicyclic) bond motifs is 9. The van der Waals surface area contributed by atoms with E-state index in [-0.39, 0.29) is 0 Å². The van der Waals surface area contributed by atoms with E-state index in [0.717, 1.165) is 21.9 Å². The van der Waals surface area contributed by atoms with Crippen molar-refractivity contribution in [3.8, 4) is 22.3 Å². The van der Waals surface area contributed by atoms with E-state index >= 15 is 0 Å². The lowest BCUT2D eigenvalue weighted by Gasteiger charge is -2.17. The molecule has 0 unspecified atom stereocenters. The van der Waals surface area contributed by atoms with Crippen LogP contribution in [0.3, 0.4) is 0 Å². The maximum atomic E-state index is 6.11. The van der Waals surface area contributed by atoms with Gasteiger partial charge >= 0.3 is 0 Å². The zero-order chi connectivity index (χ0) is 24.3. The molecule has 0 aliphatic carbocycles. The fourth-order valence-corrected chi connectivity index (χ4v) is 5.95. The van der Waals surface area contributed by atoms with Crippen molar-refractivity contribution < 1.29 is 4.42 Å². The van der Waals surface area contributed by atoms with Gasteiger partial charge in [0.25, 0.3) is 0 Å². The van der Waals surface area contributed by atoms with Gasteiger partial charge in [0.1, 0.15) is 11.2 Å². The molecule has 8 aromatic rings. The van der Waals surface area contributed by atoms with Gasteiger partial charge in [-0.15, -0.1) is 0 Å². The quantitative estimate of drug-likeness (QED) is 0.229. The van der Waals surface area contributed by atoms with E-state index in [9.17, 15) is 0 Å². The van der Waals surface area contributed by atoms with Crippen LogP contribution in [0.15, 0.2) is 138 Å². The Morgan fingerprint density at radius 3 is 1.68 bits per heavy atom. The van der Waals surface area contributed by atoms with Crippen LogP contribution in [-0.2, 0) is 0 Å². The molecule has 1 heterocycles. The molecule has 0 fully saturated rings. The lowest BCUT2D eigenvalue weighted by atomic mass is 9.87. The highest BCUT2D eigenvalue weighted by atomic mass is 16.3.